The third kappa shape index (κ3) is 4.76. The second-order valence-electron chi connectivity index (χ2n) is 6.54. The summed E-state index contributed by atoms with van der Waals surface area (Å²) in [5.41, 5.74) is 0.768. The molecule has 1 aliphatic rings. The number of hydrogen-bond donors (Lipinski definition) is 2. The molecule has 2 N–H and O–H groups in total. The van der Waals surface area contributed by atoms with Crippen molar-refractivity contribution < 1.29 is 5.11 Å². The Labute approximate surface area is 127 Å². The lowest BCUT2D eigenvalue weighted by Crippen LogP contribution is -2.46. The van der Waals surface area contributed by atoms with Crippen molar-refractivity contribution in [1.82, 2.24) is 5.32 Å². The minimum atomic E-state index is -0.508. The van der Waals surface area contributed by atoms with Crippen molar-refractivity contribution in [1.29, 1.82) is 0 Å². The van der Waals surface area contributed by atoms with Gasteiger partial charge in [0.25, 0.3) is 0 Å². The Morgan fingerprint density at radius 1 is 1.40 bits per heavy atom. The largest absolute Gasteiger partial charge is 0.389 e. The highest BCUT2D eigenvalue weighted by molar-refractivity contribution is 6.30. The van der Waals surface area contributed by atoms with E-state index < -0.39 is 5.60 Å². The quantitative estimate of drug-likeness (QED) is 0.866. The van der Waals surface area contributed by atoms with Gasteiger partial charge in [0, 0.05) is 17.6 Å². The molecule has 3 heteroatoms. The number of aliphatic hydroxyl groups is 1. The summed E-state index contributed by atoms with van der Waals surface area (Å²) in [5.74, 6) is 0.641. The van der Waals surface area contributed by atoms with E-state index in [9.17, 15) is 5.11 Å². The first-order valence-electron chi connectivity index (χ1n) is 7.67. The first-order chi connectivity index (χ1) is 9.47. The average Bonchev–Trinajstić information content (AvgIpc) is 2.39. The summed E-state index contributed by atoms with van der Waals surface area (Å²) in [4.78, 5) is 0. The van der Waals surface area contributed by atoms with Crippen molar-refractivity contribution in [2.75, 3.05) is 6.54 Å². The van der Waals surface area contributed by atoms with Gasteiger partial charge < -0.3 is 10.4 Å². The van der Waals surface area contributed by atoms with Crippen LogP contribution >= 0.6 is 11.6 Å². The molecule has 2 rings (SSSR count). The highest BCUT2D eigenvalue weighted by Gasteiger charge is 2.32. The molecule has 0 saturated heterocycles. The molecule has 2 nitrogen and oxygen atoms in total. The van der Waals surface area contributed by atoms with Crippen molar-refractivity contribution in [3.05, 3.63) is 34.9 Å². The van der Waals surface area contributed by atoms with Gasteiger partial charge >= 0.3 is 0 Å². The maximum absolute atomic E-state index is 10.6. The molecule has 1 aromatic carbocycles. The number of benzene rings is 1. The second kappa shape index (κ2) is 6.93. The Morgan fingerprint density at radius 3 is 2.75 bits per heavy atom. The number of hydrogen-bond acceptors (Lipinski definition) is 2. The van der Waals surface area contributed by atoms with Crippen LogP contribution in [0.2, 0.25) is 5.02 Å². The fourth-order valence-corrected chi connectivity index (χ4v) is 3.33. The van der Waals surface area contributed by atoms with E-state index in [1.807, 2.05) is 12.1 Å². The summed E-state index contributed by atoms with van der Waals surface area (Å²) < 4.78 is 0. The Balaban J connectivity index is 1.79. The number of rotatable bonds is 5. The normalized spacial score (nSPS) is 28.3. The molecule has 0 aromatic heterocycles. The van der Waals surface area contributed by atoms with E-state index in [2.05, 4.69) is 31.3 Å². The fraction of sp³-hybridized carbons (Fsp3) is 0.647. The van der Waals surface area contributed by atoms with E-state index >= 15 is 0 Å². The van der Waals surface area contributed by atoms with E-state index in [1.165, 1.54) is 12.0 Å². The Hall–Kier alpha value is -0.570. The molecule has 0 radical (unpaired) electrons. The summed E-state index contributed by atoms with van der Waals surface area (Å²) in [6.07, 6.45) is 5.21. The lowest BCUT2D eigenvalue weighted by atomic mass is 9.79. The third-order valence-electron chi connectivity index (χ3n) is 4.30. The number of halogens is 1. The van der Waals surface area contributed by atoms with Crippen LogP contribution in [-0.2, 0) is 6.42 Å². The van der Waals surface area contributed by atoms with Gasteiger partial charge in [0.05, 0.1) is 5.60 Å². The van der Waals surface area contributed by atoms with E-state index in [-0.39, 0.29) is 0 Å². The monoisotopic (exact) mass is 295 g/mol. The van der Waals surface area contributed by atoms with E-state index in [0.29, 0.717) is 18.5 Å². The van der Waals surface area contributed by atoms with Gasteiger partial charge in [-0.15, -0.1) is 0 Å². The van der Waals surface area contributed by atoms with Crippen LogP contribution in [0.4, 0.5) is 0 Å². The molecule has 1 saturated carbocycles. The van der Waals surface area contributed by atoms with Crippen LogP contribution in [0.25, 0.3) is 0 Å². The van der Waals surface area contributed by atoms with Crippen LogP contribution < -0.4 is 5.32 Å². The summed E-state index contributed by atoms with van der Waals surface area (Å²) in [5, 5.41) is 14.9. The van der Waals surface area contributed by atoms with E-state index in [4.69, 9.17) is 11.6 Å². The number of nitrogens with one attached hydrogen (secondary N) is 1. The zero-order valence-electron chi connectivity index (χ0n) is 12.5. The van der Waals surface area contributed by atoms with Gasteiger partial charge in [0.2, 0.25) is 0 Å². The average molecular weight is 296 g/mol. The van der Waals surface area contributed by atoms with Gasteiger partial charge in [-0.25, -0.2) is 0 Å². The van der Waals surface area contributed by atoms with Crippen molar-refractivity contribution in [3.8, 4) is 0 Å². The molecular weight excluding hydrogens is 270 g/mol. The smallest absolute Gasteiger partial charge is 0.0774 e. The first kappa shape index (κ1) is 15.8. The molecule has 0 spiro atoms. The van der Waals surface area contributed by atoms with Gasteiger partial charge in [0.15, 0.2) is 0 Å². The highest BCUT2D eigenvalue weighted by Crippen LogP contribution is 2.31. The van der Waals surface area contributed by atoms with Gasteiger partial charge in [-0.2, -0.15) is 0 Å². The molecule has 0 aliphatic heterocycles. The Bertz CT molecular complexity index is 420. The zero-order valence-corrected chi connectivity index (χ0v) is 13.3. The van der Waals surface area contributed by atoms with Crippen molar-refractivity contribution in [2.24, 2.45) is 5.92 Å². The van der Waals surface area contributed by atoms with Gasteiger partial charge in [0.1, 0.15) is 0 Å². The van der Waals surface area contributed by atoms with Crippen LogP contribution in [-0.4, -0.2) is 23.3 Å². The summed E-state index contributed by atoms with van der Waals surface area (Å²) >= 11 is 5.89. The predicted molar refractivity (Wildman–Crippen MR) is 85.2 cm³/mol. The van der Waals surface area contributed by atoms with Gasteiger partial charge in [-0.05, 0) is 49.8 Å². The van der Waals surface area contributed by atoms with Crippen LogP contribution in [0, 0.1) is 5.92 Å². The molecule has 0 amide bonds. The molecule has 0 bridgehead atoms. The second-order valence-corrected chi connectivity index (χ2v) is 6.97. The van der Waals surface area contributed by atoms with Gasteiger partial charge in [-0.1, -0.05) is 43.5 Å². The minimum absolute atomic E-state index is 0.359. The van der Waals surface area contributed by atoms with Crippen molar-refractivity contribution in [3.63, 3.8) is 0 Å². The van der Waals surface area contributed by atoms with Crippen LogP contribution in [0.1, 0.15) is 45.1 Å². The molecule has 1 aliphatic carbocycles. The van der Waals surface area contributed by atoms with Gasteiger partial charge in [-0.3, -0.25) is 0 Å². The van der Waals surface area contributed by atoms with Crippen molar-refractivity contribution in [2.45, 2.75) is 57.6 Å². The van der Waals surface area contributed by atoms with Crippen LogP contribution in [0.3, 0.4) is 0 Å². The molecule has 3 unspecified atom stereocenters. The zero-order chi connectivity index (χ0) is 14.6. The topological polar surface area (TPSA) is 32.3 Å². The highest BCUT2D eigenvalue weighted by atomic mass is 35.5. The first-order valence-corrected chi connectivity index (χ1v) is 8.05. The molecule has 1 fully saturated rings. The SMILES string of the molecule is CC1CCCC(O)(CNC(C)Cc2ccc(Cl)cc2)C1. The maximum atomic E-state index is 10.6. The molecular formula is C17H26ClNO. The summed E-state index contributed by atoms with van der Waals surface area (Å²) in [6, 6.07) is 8.35. The minimum Gasteiger partial charge on any atom is -0.389 e. The summed E-state index contributed by atoms with van der Waals surface area (Å²) in [7, 11) is 0. The Kier molecular flexibility index (Phi) is 5.48. The standard InChI is InChI=1S/C17H26ClNO/c1-13-4-3-9-17(20,11-13)12-19-14(2)10-15-5-7-16(18)8-6-15/h5-8,13-14,19-20H,3-4,9-12H2,1-2H3. The fourth-order valence-electron chi connectivity index (χ4n) is 3.20. The van der Waals surface area contributed by atoms with Crippen LogP contribution in [0.15, 0.2) is 24.3 Å². The van der Waals surface area contributed by atoms with Crippen LogP contribution in [0.5, 0.6) is 0 Å². The Morgan fingerprint density at radius 2 is 2.10 bits per heavy atom. The lowest BCUT2D eigenvalue weighted by Gasteiger charge is -2.36. The summed E-state index contributed by atoms with van der Waals surface area (Å²) in [6.45, 7) is 5.11. The molecule has 3 atom stereocenters. The third-order valence-corrected chi connectivity index (χ3v) is 4.55. The maximum Gasteiger partial charge on any atom is 0.0774 e. The van der Waals surface area contributed by atoms with E-state index in [1.54, 1.807) is 0 Å². The molecule has 112 valence electrons. The lowest BCUT2D eigenvalue weighted by molar-refractivity contribution is -0.0133. The molecule has 20 heavy (non-hydrogen) atoms. The molecule has 0 heterocycles. The molecule has 1 aromatic rings. The predicted octanol–water partition coefficient (Wildman–Crippen LogP) is 3.80. The van der Waals surface area contributed by atoms with E-state index in [0.717, 1.165) is 30.7 Å². The van der Waals surface area contributed by atoms with Crippen molar-refractivity contribution >= 4 is 11.6 Å².